The van der Waals surface area contributed by atoms with Gasteiger partial charge in [-0.1, -0.05) is 12.1 Å². The highest BCUT2D eigenvalue weighted by atomic mass is 32.1. The normalized spacial score (nSPS) is 10.7. The molecule has 0 atom stereocenters. The average Bonchev–Trinajstić information content (AvgIpc) is 2.53. The quantitative estimate of drug-likeness (QED) is 0.494. The predicted molar refractivity (Wildman–Crippen MR) is 86.4 cm³/mol. The van der Waals surface area contributed by atoms with E-state index in [0.717, 1.165) is 12.1 Å². The van der Waals surface area contributed by atoms with Crippen LogP contribution in [0.4, 0.5) is 23.7 Å². The van der Waals surface area contributed by atoms with Crippen LogP contribution in [-0.2, 0) is 0 Å². The van der Waals surface area contributed by atoms with Crippen LogP contribution in [0.2, 0.25) is 0 Å². The summed E-state index contributed by atoms with van der Waals surface area (Å²) in [5.74, 6) is -0.994. The summed E-state index contributed by atoms with van der Waals surface area (Å²) < 4.78 is 39.9. The van der Waals surface area contributed by atoms with Crippen molar-refractivity contribution in [3.63, 3.8) is 0 Å². The third-order valence-corrected chi connectivity index (χ3v) is 3.17. The standard InChI is InChI=1S/C15H12F3N3O3S/c16-15(17,18)24-10-7-5-9(6-8-10)19-14(23)21-20-13(22)11-3-1-2-4-12(11)25/h1-8,25H,(H,20,22)(H2,19,21,23). The van der Waals surface area contributed by atoms with Crippen molar-refractivity contribution in [1.29, 1.82) is 0 Å². The smallest absolute Gasteiger partial charge is 0.406 e. The lowest BCUT2D eigenvalue weighted by atomic mass is 10.2. The van der Waals surface area contributed by atoms with Gasteiger partial charge >= 0.3 is 12.4 Å². The first-order valence-electron chi connectivity index (χ1n) is 6.76. The van der Waals surface area contributed by atoms with Gasteiger partial charge in [-0.15, -0.1) is 25.8 Å². The Balaban J connectivity index is 1.86. The number of nitrogens with one attached hydrogen (secondary N) is 3. The Hall–Kier alpha value is -2.88. The van der Waals surface area contributed by atoms with Crippen molar-refractivity contribution in [3.05, 3.63) is 54.1 Å². The maximum atomic E-state index is 12.0. The molecule has 0 radical (unpaired) electrons. The molecule has 2 rings (SSSR count). The molecule has 2 aromatic carbocycles. The Morgan fingerprint density at radius 2 is 1.60 bits per heavy atom. The van der Waals surface area contributed by atoms with Gasteiger partial charge in [0.05, 0.1) is 5.56 Å². The first kappa shape index (κ1) is 18.5. The van der Waals surface area contributed by atoms with Crippen molar-refractivity contribution in [3.8, 4) is 5.75 Å². The lowest BCUT2D eigenvalue weighted by molar-refractivity contribution is -0.274. The predicted octanol–water partition coefficient (Wildman–Crippen LogP) is 3.34. The van der Waals surface area contributed by atoms with Crippen LogP contribution in [0.5, 0.6) is 5.75 Å². The zero-order valence-corrected chi connectivity index (χ0v) is 13.3. The summed E-state index contributed by atoms with van der Waals surface area (Å²) in [4.78, 5) is 24.0. The van der Waals surface area contributed by atoms with Crippen LogP contribution in [0.25, 0.3) is 0 Å². The molecule has 0 aliphatic rings. The van der Waals surface area contributed by atoms with E-state index in [1.54, 1.807) is 18.2 Å². The summed E-state index contributed by atoms with van der Waals surface area (Å²) in [7, 11) is 0. The SMILES string of the molecule is O=C(NNC(=O)c1ccccc1S)Nc1ccc(OC(F)(F)F)cc1. The fourth-order valence-corrected chi connectivity index (χ4v) is 2.01. The van der Waals surface area contributed by atoms with Crippen molar-refractivity contribution < 1.29 is 27.5 Å². The molecule has 3 N–H and O–H groups in total. The summed E-state index contributed by atoms with van der Waals surface area (Å²) in [6.45, 7) is 0. The highest BCUT2D eigenvalue weighted by molar-refractivity contribution is 7.80. The van der Waals surface area contributed by atoms with Gasteiger partial charge < -0.3 is 10.1 Å². The van der Waals surface area contributed by atoms with E-state index in [-0.39, 0.29) is 11.3 Å². The number of alkyl halides is 3. The van der Waals surface area contributed by atoms with Crippen LogP contribution in [0.1, 0.15) is 10.4 Å². The number of benzene rings is 2. The summed E-state index contributed by atoms with van der Waals surface area (Å²) >= 11 is 4.12. The van der Waals surface area contributed by atoms with Crippen LogP contribution in [0.15, 0.2) is 53.4 Å². The molecule has 25 heavy (non-hydrogen) atoms. The number of hydrazine groups is 1. The number of anilines is 1. The average molecular weight is 371 g/mol. The van der Waals surface area contributed by atoms with Crippen molar-refractivity contribution in [2.24, 2.45) is 0 Å². The molecule has 0 saturated carbocycles. The van der Waals surface area contributed by atoms with Crippen LogP contribution in [-0.4, -0.2) is 18.3 Å². The molecular weight excluding hydrogens is 359 g/mol. The molecule has 0 aromatic heterocycles. The molecule has 2 aromatic rings. The van der Waals surface area contributed by atoms with E-state index in [0.29, 0.717) is 4.90 Å². The topological polar surface area (TPSA) is 79.5 Å². The summed E-state index contributed by atoms with van der Waals surface area (Å²) in [6, 6.07) is 10.2. The summed E-state index contributed by atoms with van der Waals surface area (Å²) in [5, 5.41) is 2.33. The second-order valence-electron chi connectivity index (χ2n) is 4.62. The van der Waals surface area contributed by atoms with Gasteiger partial charge in [0, 0.05) is 10.6 Å². The minimum atomic E-state index is -4.79. The molecule has 0 saturated heterocycles. The fourth-order valence-electron chi connectivity index (χ4n) is 1.75. The molecule has 0 spiro atoms. The highest BCUT2D eigenvalue weighted by Crippen LogP contribution is 2.23. The van der Waals surface area contributed by atoms with E-state index in [4.69, 9.17) is 0 Å². The van der Waals surface area contributed by atoms with Crippen LogP contribution >= 0.6 is 12.6 Å². The van der Waals surface area contributed by atoms with E-state index in [1.165, 1.54) is 18.2 Å². The monoisotopic (exact) mass is 371 g/mol. The molecule has 3 amide bonds. The third kappa shape index (κ3) is 5.92. The fraction of sp³-hybridized carbons (Fsp3) is 0.0667. The van der Waals surface area contributed by atoms with Gasteiger partial charge in [-0.25, -0.2) is 10.2 Å². The molecule has 0 aliphatic carbocycles. The van der Waals surface area contributed by atoms with Crippen LogP contribution in [0.3, 0.4) is 0 Å². The number of halogens is 3. The molecule has 0 unspecified atom stereocenters. The van der Waals surface area contributed by atoms with Crippen LogP contribution in [0, 0.1) is 0 Å². The molecule has 0 bridgehead atoms. The number of urea groups is 1. The Morgan fingerprint density at radius 3 is 2.20 bits per heavy atom. The van der Waals surface area contributed by atoms with Gasteiger partial charge in [-0.05, 0) is 36.4 Å². The zero-order valence-electron chi connectivity index (χ0n) is 12.4. The minimum absolute atomic E-state index is 0.205. The van der Waals surface area contributed by atoms with Crippen molar-refractivity contribution in [2.45, 2.75) is 11.3 Å². The maximum absolute atomic E-state index is 12.0. The summed E-state index contributed by atoms with van der Waals surface area (Å²) in [5.41, 5.74) is 4.76. The van der Waals surface area contributed by atoms with Crippen molar-refractivity contribution in [1.82, 2.24) is 10.9 Å². The van der Waals surface area contributed by atoms with E-state index in [9.17, 15) is 22.8 Å². The van der Waals surface area contributed by atoms with E-state index in [2.05, 4.69) is 33.5 Å². The van der Waals surface area contributed by atoms with Gasteiger partial charge in [0.2, 0.25) is 0 Å². The number of hydrogen-bond donors (Lipinski definition) is 4. The largest absolute Gasteiger partial charge is 0.573 e. The Labute approximate surface area is 145 Å². The van der Waals surface area contributed by atoms with Gasteiger partial charge in [0.25, 0.3) is 5.91 Å². The number of thiol groups is 1. The molecule has 132 valence electrons. The van der Waals surface area contributed by atoms with Crippen LogP contribution < -0.4 is 20.9 Å². The lowest BCUT2D eigenvalue weighted by Crippen LogP contribution is -2.44. The van der Waals surface area contributed by atoms with Gasteiger partial charge in [-0.2, -0.15) is 0 Å². The van der Waals surface area contributed by atoms with Gasteiger partial charge in [0.1, 0.15) is 5.75 Å². The lowest BCUT2D eigenvalue weighted by Gasteiger charge is -2.11. The highest BCUT2D eigenvalue weighted by Gasteiger charge is 2.30. The number of rotatable bonds is 3. The first-order valence-corrected chi connectivity index (χ1v) is 7.20. The number of carbonyl (C=O) groups excluding carboxylic acids is 2. The number of carbonyl (C=O) groups is 2. The van der Waals surface area contributed by atoms with Gasteiger partial charge in [0.15, 0.2) is 0 Å². The van der Waals surface area contributed by atoms with E-state index in [1.807, 2.05) is 0 Å². The molecule has 0 aliphatic heterocycles. The second kappa shape index (κ2) is 7.79. The second-order valence-corrected chi connectivity index (χ2v) is 5.10. The molecule has 0 heterocycles. The van der Waals surface area contributed by atoms with Gasteiger partial charge in [-0.3, -0.25) is 10.2 Å². The molecular formula is C15H12F3N3O3S. The van der Waals surface area contributed by atoms with Crippen molar-refractivity contribution >= 4 is 30.3 Å². The zero-order chi connectivity index (χ0) is 18.4. The van der Waals surface area contributed by atoms with E-state index < -0.39 is 24.1 Å². The maximum Gasteiger partial charge on any atom is 0.573 e. The third-order valence-electron chi connectivity index (χ3n) is 2.78. The molecule has 0 fully saturated rings. The Morgan fingerprint density at radius 1 is 0.960 bits per heavy atom. The Bertz CT molecular complexity index is 767. The first-order chi connectivity index (χ1) is 11.7. The molecule has 10 heteroatoms. The number of hydrogen-bond acceptors (Lipinski definition) is 4. The summed E-state index contributed by atoms with van der Waals surface area (Å²) in [6.07, 6.45) is -4.79. The number of amides is 3. The van der Waals surface area contributed by atoms with E-state index >= 15 is 0 Å². The minimum Gasteiger partial charge on any atom is -0.406 e. The van der Waals surface area contributed by atoms with Crippen molar-refractivity contribution in [2.75, 3.05) is 5.32 Å². The number of ether oxygens (including phenoxy) is 1. The Kier molecular flexibility index (Phi) is 5.75. The molecule has 6 nitrogen and oxygen atoms in total.